The van der Waals surface area contributed by atoms with Gasteiger partial charge in [-0.05, 0) is 52.6 Å². The van der Waals surface area contributed by atoms with Gasteiger partial charge in [0.25, 0.3) is 0 Å². The van der Waals surface area contributed by atoms with Gasteiger partial charge >= 0.3 is 0 Å². The molecule has 0 amide bonds. The molecule has 3 heterocycles. The van der Waals surface area contributed by atoms with Gasteiger partial charge in [-0.1, -0.05) is 158 Å². The predicted molar refractivity (Wildman–Crippen MR) is 229 cm³/mol. The van der Waals surface area contributed by atoms with Crippen molar-refractivity contribution in [2.24, 2.45) is 0 Å². The fourth-order valence-corrected chi connectivity index (χ4v) is 7.99. The predicted octanol–water partition coefficient (Wildman–Crippen LogP) is 13.2. The number of nitrogens with zero attached hydrogens (tertiary/aromatic N) is 4. The fraction of sp³-hybridized carbons (Fsp3) is 0. The topological polar surface area (TPSA) is 56.7 Å². The minimum atomic E-state index is 0.597. The second-order valence-corrected chi connectivity index (χ2v) is 14.0. The Kier molecular flexibility index (Phi) is 7.42. The van der Waals surface area contributed by atoms with E-state index in [1.807, 2.05) is 72.8 Å². The van der Waals surface area contributed by atoms with E-state index < -0.39 is 0 Å². The summed E-state index contributed by atoms with van der Waals surface area (Å²) in [6, 6.07) is 67.5. The summed E-state index contributed by atoms with van der Waals surface area (Å²) in [6.07, 6.45) is 0. The van der Waals surface area contributed by atoms with Gasteiger partial charge in [-0.2, -0.15) is 0 Å². The van der Waals surface area contributed by atoms with E-state index in [0.717, 1.165) is 55.3 Å². The molecule has 5 heteroatoms. The first kappa shape index (κ1) is 31.9. The van der Waals surface area contributed by atoms with Crippen LogP contribution in [0, 0.1) is 0 Å². The molecule has 0 aliphatic rings. The molecule has 0 aliphatic heterocycles. The number of fused-ring (bicyclic) bond motifs is 6. The van der Waals surface area contributed by atoms with Crippen molar-refractivity contribution in [2.45, 2.75) is 0 Å². The smallest absolute Gasteiger partial charge is 0.164 e. The van der Waals surface area contributed by atoms with E-state index in [9.17, 15) is 0 Å². The standard InChI is InChI=1S/C51H32N4O/c1-5-14-33(15-6-1)37-24-27-40-41-28-25-38(34-16-7-2-8-17-34)31-45(41)55(44(40)30-37)39-26-29-42-47(32-39)56-46-23-13-22-43(48(42)46)51-53-49(35-18-9-3-10-19-35)52-50(54-51)36-20-11-4-12-21-36/h1-32H. The lowest BCUT2D eigenvalue weighted by molar-refractivity contribution is 0.668. The van der Waals surface area contributed by atoms with Gasteiger partial charge < -0.3 is 8.98 Å². The molecule has 0 N–H and O–H groups in total. The zero-order valence-corrected chi connectivity index (χ0v) is 30.2. The van der Waals surface area contributed by atoms with Crippen LogP contribution in [0.2, 0.25) is 0 Å². The van der Waals surface area contributed by atoms with Crippen molar-refractivity contribution in [3.05, 3.63) is 194 Å². The summed E-state index contributed by atoms with van der Waals surface area (Å²) in [5.41, 5.74) is 12.3. The van der Waals surface area contributed by atoms with Gasteiger partial charge in [0.2, 0.25) is 0 Å². The highest BCUT2D eigenvalue weighted by Crippen LogP contribution is 2.40. The quantitative estimate of drug-likeness (QED) is 0.172. The molecule has 11 aromatic rings. The van der Waals surface area contributed by atoms with Crippen LogP contribution in [0.1, 0.15) is 0 Å². The highest BCUT2D eigenvalue weighted by molar-refractivity contribution is 6.14. The maximum atomic E-state index is 6.71. The molecule has 11 rings (SSSR count). The Morgan fingerprint density at radius 2 is 0.821 bits per heavy atom. The number of hydrogen-bond acceptors (Lipinski definition) is 4. The molecule has 262 valence electrons. The molecule has 0 aliphatic carbocycles. The van der Waals surface area contributed by atoms with Crippen LogP contribution in [-0.2, 0) is 0 Å². The molecule has 8 aromatic carbocycles. The Morgan fingerprint density at radius 3 is 1.36 bits per heavy atom. The Bertz CT molecular complexity index is 3070. The molecule has 0 saturated heterocycles. The molecule has 0 saturated carbocycles. The normalized spacial score (nSPS) is 11.6. The van der Waals surface area contributed by atoms with Crippen molar-refractivity contribution in [2.75, 3.05) is 0 Å². The SMILES string of the molecule is c1ccc(-c2ccc3c4ccc(-c5ccccc5)cc4n(-c4ccc5c(c4)oc4cccc(-c6nc(-c7ccccc7)nc(-c7ccccc7)n6)c45)c3c2)cc1. The Hall–Kier alpha value is -7.63. The van der Waals surface area contributed by atoms with E-state index in [1.54, 1.807) is 0 Å². The van der Waals surface area contributed by atoms with Crippen LogP contribution >= 0.6 is 0 Å². The van der Waals surface area contributed by atoms with E-state index in [4.69, 9.17) is 19.4 Å². The highest BCUT2D eigenvalue weighted by Gasteiger charge is 2.20. The maximum absolute atomic E-state index is 6.71. The fourth-order valence-electron chi connectivity index (χ4n) is 7.99. The summed E-state index contributed by atoms with van der Waals surface area (Å²) in [4.78, 5) is 15.0. The van der Waals surface area contributed by atoms with E-state index >= 15 is 0 Å². The monoisotopic (exact) mass is 716 g/mol. The Balaban J connectivity index is 1.12. The number of aromatic nitrogens is 4. The van der Waals surface area contributed by atoms with Gasteiger partial charge in [-0.3, -0.25) is 0 Å². The number of benzene rings is 8. The molecule has 0 bridgehead atoms. The molecular weight excluding hydrogens is 685 g/mol. The maximum Gasteiger partial charge on any atom is 0.164 e. The third-order valence-corrected chi connectivity index (χ3v) is 10.7. The molecule has 56 heavy (non-hydrogen) atoms. The van der Waals surface area contributed by atoms with Crippen molar-refractivity contribution < 1.29 is 4.42 Å². The van der Waals surface area contributed by atoms with Crippen LogP contribution in [0.3, 0.4) is 0 Å². The number of furan rings is 1. The van der Waals surface area contributed by atoms with Crippen molar-refractivity contribution in [1.29, 1.82) is 0 Å². The molecule has 0 radical (unpaired) electrons. The van der Waals surface area contributed by atoms with Crippen LogP contribution < -0.4 is 0 Å². The lowest BCUT2D eigenvalue weighted by atomic mass is 10.0. The van der Waals surface area contributed by atoms with Crippen molar-refractivity contribution in [3.63, 3.8) is 0 Å². The van der Waals surface area contributed by atoms with Crippen LogP contribution in [0.25, 0.3) is 106 Å². The Morgan fingerprint density at radius 1 is 0.339 bits per heavy atom. The lowest BCUT2D eigenvalue weighted by Gasteiger charge is -2.10. The van der Waals surface area contributed by atoms with Gasteiger partial charge in [0.15, 0.2) is 17.5 Å². The molecule has 0 atom stereocenters. The van der Waals surface area contributed by atoms with Gasteiger partial charge in [0.05, 0.1) is 11.0 Å². The van der Waals surface area contributed by atoms with E-state index in [-0.39, 0.29) is 0 Å². The van der Waals surface area contributed by atoms with Crippen LogP contribution in [0.15, 0.2) is 199 Å². The van der Waals surface area contributed by atoms with Crippen LogP contribution in [-0.4, -0.2) is 19.5 Å². The van der Waals surface area contributed by atoms with Crippen molar-refractivity contribution in [1.82, 2.24) is 19.5 Å². The van der Waals surface area contributed by atoms with Gasteiger partial charge in [-0.15, -0.1) is 0 Å². The summed E-state index contributed by atoms with van der Waals surface area (Å²) in [6.45, 7) is 0. The van der Waals surface area contributed by atoms with Crippen molar-refractivity contribution in [3.8, 4) is 62.1 Å². The molecule has 0 spiro atoms. The summed E-state index contributed by atoms with van der Waals surface area (Å²) in [5, 5.41) is 4.37. The number of rotatable bonds is 6. The van der Waals surface area contributed by atoms with Gasteiger partial charge in [0.1, 0.15) is 11.2 Å². The van der Waals surface area contributed by atoms with E-state index in [0.29, 0.717) is 17.5 Å². The first-order valence-corrected chi connectivity index (χ1v) is 18.8. The Labute approximate surface area is 322 Å². The third-order valence-electron chi connectivity index (χ3n) is 10.7. The molecule has 3 aromatic heterocycles. The summed E-state index contributed by atoms with van der Waals surface area (Å²) in [7, 11) is 0. The zero-order chi connectivity index (χ0) is 37.0. The van der Waals surface area contributed by atoms with Crippen molar-refractivity contribution >= 4 is 43.7 Å². The second kappa shape index (κ2) is 13.0. The van der Waals surface area contributed by atoms with E-state index in [1.165, 1.54) is 33.0 Å². The number of hydrogen-bond donors (Lipinski definition) is 0. The summed E-state index contributed by atoms with van der Waals surface area (Å²) in [5.74, 6) is 1.84. The van der Waals surface area contributed by atoms with Gasteiger partial charge in [-0.25, -0.2) is 15.0 Å². The zero-order valence-electron chi connectivity index (χ0n) is 30.2. The molecular formula is C51H32N4O. The average Bonchev–Trinajstić information content (AvgIpc) is 3.82. The van der Waals surface area contributed by atoms with Crippen LogP contribution in [0.5, 0.6) is 0 Å². The molecule has 5 nitrogen and oxygen atoms in total. The minimum absolute atomic E-state index is 0.597. The molecule has 0 fully saturated rings. The minimum Gasteiger partial charge on any atom is -0.456 e. The first-order valence-electron chi connectivity index (χ1n) is 18.8. The summed E-state index contributed by atoms with van der Waals surface area (Å²) < 4.78 is 9.09. The lowest BCUT2D eigenvalue weighted by Crippen LogP contribution is -2.00. The first-order chi connectivity index (χ1) is 27.7. The summed E-state index contributed by atoms with van der Waals surface area (Å²) >= 11 is 0. The highest BCUT2D eigenvalue weighted by atomic mass is 16.3. The molecule has 0 unspecified atom stereocenters. The third kappa shape index (κ3) is 5.37. The van der Waals surface area contributed by atoms with Gasteiger partial charge in [0, 0.05) is 50.0 Å². The van der Waals surface area contributed by atoms with E-state index in [2.05, 4.69) is 126 Å². The largest absolute Gasteiger partial charge is 0.456 e. The average molecular weight is 717 g/mol. The van der Waals surface area contributed by atoms with Crippen LogP contribution in [0.4, 0.5) is 0 Å². The second-order valence-electron chi connectivity index (χ2n) is 14.0.